The Kier molecular flexibility index (Phi) is 10.7. The zero-order valence-electron chi connectivity index (χ0n) is 21.6. The topological polar surface area (TPSA) is 81.6 Å². The van der Waals surface area contributed by atoms with Crippen LogP contribution in [0.2, 0.25) is 0 Å². The standard InChI is InChI=1S/C28H38N6O2/c1-5-31-21-32-19-25-27(30-3)33(4)16-17-34(28(25)35)20-22-10-9-13-24(18-22)36-26(14-15-29-2)23-11-7-6-8-12-23/h6-13,18-19,26,29,31H,3,5,14-17,20-21H2,1-2,4H3/b32-19-. The van der Waals surface area contributed by atoms with Gasteiger partial charge in [-0.3, -0.25) is 15.1 Å². The normalized spacial score (nSPS) is 15.4. The Bertz CT molecular complexity index is 1050. The van der Waals surface area contributed by atoms with Crippen LogP contribution in [0.1, 0.15) is 30.6 Å². The van der Waals surface area contributed by atoms with Crippen LogP contribution in [0.15, 0.2) is 76.0 Å². The second-order valence-electron chi connectivity index (χ2n) is 8.67. The molecular weight excluding hydrogens is 452 g/mol. The molecule has 8 nitrogen and oxygen atoms in total. The highest BCUT2D eigenvalue weighted by atomic mass is 16.5. The molecule has 0 aliphatic carbocycles. The van der Waals surface area contributed by atoms with Crippen molar-refractivity contribution in [3.8, 4) is 5.75 Å². The van der Waals surface area contributed by atoms with Gasteiger partial charge in [0.05, 0.1) is 12.2 Å². The molecule has 0 fully saturated rings. The van der Waals surface area contributed by atoms with Crippen LogP contribution in [-0.4, -0.2) is 75.6 Å². The molecule has 2 aromatic rings. The van der Waals surface area contributed by atoms with E-state index in [2.05, 4.69) is 39.5 Å². The second kappa shape index (κ2) is 14.2. The zero-order chi connectivity index (χ0) is 25.8. The summed E-state index contributed by atoms with van der Waals surface area (Å²) in [5.74, 6) is 1.23. The van der Waals surface area contributed by atoms with E-state index in [1.807, 2.05) is 73.3 Å². The molecule has 1 unspecified atom stereocenters. The third kappa shape index (κ3) is 7.50. The molecule has 0 radical (unpaired) electrons. The van der Waals surface area contributed by atoms with Crippen molar-refractivity contribution in [2.45, 2.75) is 26.0 Å². The Labute approximate surface area is 214 Å². The summed E-state index contributed by atoms with van der Waals surface area (Å²) in [6.45, 7) is 9.47. The number of ether oxygens (including phenoxy) is 1. The summed E-state index contributed by atoms with van der Waals surface area (Å²) in [6, 6.07) is 18.2. The molecule has 1 aliphatic heterocycles. The first kappa shape index (κ1) is 27.1. The minimum absolute atomic E-state index is 0.0638. The van der Waals surface area contributed by atoms with Gasteiger partial charge in [-0.25, -0.2) is 4.99 Å². The number of amides is 1. The summed E-state index contributed by atoms with van der Waals surface area (Å²) >= 11 is 0. The van der Waals surface area contributed by atoms with Gasteiger partial charge >= 0.3 is 0 Å². The molecule has 36 heavy (non-hydrogen) atoms. The number of benzene rings is 2. The third-order valence-corrected chi connectivity index (χ3v) is 6.03. The summed E-state index contributed by atoms with van der Waals surface area (Å²) in [5, 5.41) is 6.34. The Balaban J connectivity index is 1.78. The number of likely N-dealkylation sites (N-methyl/N-ethyl adjacent to an activating group) is 1. The molecule has 3 rings (SSSR count). The van der Waals surface area contributed by atoms with E-state index in [0.717, 1.165) is 36.4 Å². The minimum Gasteiger partial charge on any atom is -0.486 e. The fourth-order valence-corrected chi connectivity index (χ4v) is 4.07. The molecule has 0 saturated heterocycles. The lowest BCUT2D eigenvalue weighted by Crippen LogP contribution is -2.34. The highest BCUT2D eigenvalue weighted by Crippen LogP contribution is 2.26. The number of carbonyl (C=O) groups excluding carboxylic acids is 1. The predicted molar refractivity (Wildman–Crippen MR) is 146 cm³/mol. The Morgan fingerprint density at radius 1 is 1.17 bits per heavy atom. The lowest BCUT2D eigenvalue weighted by Gasteiger charge is -2.23. The van der Waals surface area contributed by atoms with Crippen molar-refractivity contribution in [2.24, 2.45) is 9.98 Å². The summed E-state index contributed by atoms with van der Waals surface area (Å²) in [6.07, 6.45) is 2.39. The summed E-state index contributed by atoms with van der Waals surface area (Å²) in [5.41, 5.74) is 2.59. The van der Waals surface area contributed by atoms with Gasteiger partial charge in [0.15, 0.2) is 0 Å². The summed E-state index contributed by atoms with van der Waals surface area (Å²) < 4.78 is 6.42. The Hall–Kier alpha value is -3.49. The van der Waals surface area contributed by atoms with Crippen molar-refractivity contribution in [3.05, 3.63) is 77.1 Å². The maximum absolute atomic E-state index is 13.5. The van der Waals surface area contributed by atoms with Gasteiger partial charge in [-0.05, 0) is 50.1 Å². The van der Waals surface area contributed by atoms with E-state index in [4.69, 9.17) is 4.74 Å². The summed E-state index contributed by atoms with van der Waals surface area (Å²) in [4.78, 5) is 25.8. The molecule has 8 heteroatoms. The molecular formula is C28H38N6O2. The number of aliphatic imine (C=N–C) groups is 2. The van der Waals surface area contributed by atoms with Crippen LogP contribution >= 0.6 is 0 Å². The molecule has 192 valence electrons. The maximum atomic E-state index is 13.5. The average Bonchev–Trinajstić information content (AvgIpc) is 3.01. The Morgan fingerprint density at radius 3 is 2.69 bits per heavy atom. The van der Waals surface area contributed by atoms with Gasteiger partial charge in [-0.2, -0.15) is 0 Å². The van der Waals surface area contributed by atoms with E-state index < -0.39 is 0 Å². The van der Waals surface area contributed by atoms with Crippen LogP contribution in [0.25, 0.3) is 0 Å². The quantitative estimate of drug-likeness (QED) is 0.333. The van der Waals surface area contributed by atoms with E-state index in [9.17, 15) is 4.79 Å². The monoisotopic (exact) mass is 490 g/mol. The number of hydrogen-bond donors (Lipinski definition) is 2. The van der Waals surface area contributed by atoms with Crippen LogP contribution in [0.5, 0.6) is 5.75 Å². The fourth-order valence-electron chi connectivity index (χ4n) is 4.07. The van der Waals surface area contributed by atoms with Crippen molar-refractivity contribution in [2.75, 3.05) is 46.9 Å². The van der Waals surface area contributed by atoms with Gasteiger partial charge in [0.2, 0.25) is 0 Å². The highest BCUT2D eigenvalue weighted by Gasteiger charge is 2.26. The third-order valence-electron chi connectivity index (χ3n) is 6.03. The number of nitrogens with one attached hydrogen (secondary N) is 2. The smallest absolute Gasteiger partial charge is 0.259 e. The lowest BCUT2D eigenvalue weighted by molar-refractivity contribution is -0.126. The van der Waals surface area contributed by atoms with E-state index in [1.54, 1.807) is 6.21 Å². The van der Waals surface area contributed by atoms with Crippen molar-refractivity contribution in [1.82, 2.24) is 20.4 Å². The van der Waals surface area contributed by atoms with E-state index in [-0.39, 0.29) is 12.0 Å². The first-order valence-electron chi connectivity index (χ1n) is 12.4. The first-order chi connectivity index (χ1) is 17.6. The van der Waals surface area contributed by atoms with Gasteiger partial charge in [-0.15, -0.1) is 0 Å². The highest BCUT2D eigenvalue weighted by molar-refractivity contribution is 6.13. The molecule has 1 amide bonds. The predicted octanol–water partition coefficient (Wildman–Crippen LogP) is 3.24. The van der Waals surface area contributed by atoms with E-state index in [0.29, 0.717) is 37.7 Å². The molecule has 1 heterocycles. The SMILES string of the molecule is C=NC1=C(/C=N\CNCC)C(=O)N(Cc2cccc(OC(CCNC)c3ccccc3)c2)CCN1C. The molecule has 0 spiro atoms. The van der Waals surface area contributed by atoms with Crippen LogP contribution < -0.4 is 15.4 Å². The lowest BCUT2D eigenvalue weighted by atomic mass is 10.1. The van der Waals surface area contributed by atoms with Crippen molar-refractivity contribution in [3.63, 3.8) is 0 Å². The van der Waals surface area contributed by atoms with Crippen molar-refractivity contribution < 1.29 is 9.53 Å². The number of carbonyl (C=O) groups is 1. The van der Waals surface area contributed by atoms with Crippen LogP contribution in [-0.2, 0) is 11.3 Å². The summed E-state index contributed by atoms with van der Waals surface area (Å²) in [7, 11) is 3.86. The minimum atomic E-state index is -0.107. The van der Waals surface area contributed by atoms with E-state index in [1.165, 1.54) is 0 Å². The van der Waals surface area contributed by atoms with Crippen LogP contribution in [0, 0.1) is 0 Å². The van der Waals surface area contributed by atoms with E-state index >= 15 is 0 Å². The molecule has 0 aromatic heterocycles. The van der Waals surface area contributed by atoms with Crippen LogP contribution in [0.4, 0.5) is 0 Å². The number of nitrogens with zero attached hydrogens (tertiary/aromatic N) is 4. The van der Waals surface area contributed by atoms with Crippen LogP contribution in [0.3, 0.4) is 0 Å². The molecule has 0 bridgehead atoms. The second-order valence-corrected chi connectivity index (χ2v) is 8.67. The van der Waals surface area contributed by atoms with Gasteiger partial charge in [-0.1, -0.05) is 49.4 Å². The number of rotatable bonds is 13. The Morgan fingerprint density at radius 2 is 1.97 bits per heavy atom. The molecule has 0 saturated carbocycles. The van der Waals surface area contributed by atoms with Gasteiger partial charge in [0.25, 0.3) is 5.91 Å². The van der Waals surface area contributed by atoms with Gasteiger partial charge in [0, 0.05) is 39.3 Å². The fraction of sp³-hybridized carbons (Fsp3) is 0.393. The molecule has 2 aromatic carbocycles. The zero-order valence-corrected chi connectivity index (χ0v) is 21.6. The maximum Gasteiger partial charge on any atom is 0.259 e. The molecule has 1 atom stereocenters. The molecule has 1 aliphatic rings. The van der Waals surface area contributed by atoms with Gasteiger partial charge in [0.1, 0.15) is 17.7 Å². The van der Waals surface area contributed by atoms with Crippen molar-refractivity contribution in [1.29, 1.82) is 0 Å². The van der Waals surface area contributed by atoms with Gasteiger partial charge < -0.3 is 19.9 Å². The average molecular weight is 491 g/mol. The number of hydrogen-bond acceptors (Lipinski definition) is 7. The molecule has 2 N–H and O–H groups in total. The largest absolute Gasteiger partial charge is 0.486 e. The first-order valence-corrected chi connectivity index (χ1v) is 12.4. The van der Waals surface area contributed by atoms with Crippen molar-refractivity contribution >= 4 is 18.8 Å².